The number of carbonyl (C=O) groups excluding carboxylic acids is 1. The summed E-state index contributed by atoms with van der Waals surface area (Å²) in [6, 6.07) is 3.39. The Bertz CT molecular complexity index is 716. The van der Waals surface area contributed by atoms with E-state index < -0.39 is 9.84 Å². The van der Waals surface area contributed by atoms with Gasteiger partial charge in [0.2, 0.25) is 0 Å². The predicted octanol–water partition coefficient (Wildman–Crippen LogP) is 1.94. The topological polar surface area (TPSA) is 104 Å². The molecule has 1 saturated carbocycles. The van der Waals surface area contributed by atoms with Gasteiger partial charge in [0, 0.05) is 18.6 Å². The number of hydrogen-bond donors (Lipinski definition) is 2. The Hall–Kier alpha value is -1.90. The Morgan fingerprint density at radius 3 is 2.54 bits per heavy atom. The molecular weight excluding hydrogens is 354 g/mol. The maximum atomic E-state index is 12.1. The summed E-state index contributed by atoms with van der Waals surface area (Å²) in [5.41, 5.74) is 0. The van der Waals surface area contributed by atoms with Crippen LogP contribution in [0.2, 0.25) is 0 Å². The van der Waals surface area contributed by atoms with Crippen molar-refractivity contribution in [2.24, 2.45) is 0 Å². The summed E-state index contributed by atoms with van der Waals surface area (Å²) < 4.78 is 23.4. The molecule has 1 atom stereocenters. The SMILES string of the molecule is CCN(c1ccc(NC(=O)NC2CCCCC2)nn1)C1CCS(=O)(=O)C1. The Kier molecular flexibility index (Phi) is 5.95. The van der Waals surface area contributed by atoms with Crippen LogP contribution >= 0.6 is 0 Å². The van der Waals surface area contributed by atoms with Crippen LogP contribution in [0.1, 0.15) is 45.4 Å². The minimum Gasteiger partial charge on any atom is -0.351 e. The molecule has 1 aliphatic heterocycles. The summed E-state index contributed by atoms with van der Waals surface area (Å²) in [5, 5.41) is 13.9. The molecule has 2 aliphatic rings. The first kappa shape index (κ1) is 18.9. The maximum absolute atomic E-state index is 12.1. The van der Waals surface area contributed by atoms with Crippen molar-refractivity contribution in [1.82, 2.24) is 15.5 Å². The molecule has 1 aliphatic carbocycles. The maximum Gasteiger partial charge on any atom is 0.320 e. The molecule has 26 heavy (non-hydrogen) atoms. The van der Waals surface area contributed by atoms with Crippen LogP contribution in [0, 0.1) is 0 Å². The highest BCUT2D eigenvalue weighted by Crippen LogP contribution is 2.23. The highest BCUT2D eigenvalue weighted by molar-refractivity contribution is 7.91. The van der Waals surface area contributed by atoms with Gasteiger partial charge in [-0.1, -0.05) is 19.3 Å². The highest BCUT2D eigenvalue weighted by Gasteiger charge is 2.32. The van der Waals surface area contributed by atoms with E-state index in [4.69, 9.17) is 0 Å². The van der Waals surface area contributed by atoms with Crippen molar-refractivity contribution in [3.8, 4) is 0 Å². The number of carbonyl (C=O) groups is 1. The smallest absolute Gasteiger partial charge is 0.320 e. The van der Waals surface area contributed by atoms with Crippen LogP contribution in [-0.2, 0) is 9.84 Å². The summed E-state index contributed by atoms with van der Waals surface area (Å²) >= 11 is 0. The van der Waals surface area contributed by atoms with E-state index in [1.807, 2.05) is 11.8 Å². The van der Waals surface area contributed by atoms with Crippen molar-refractivity contribution < 1.29 is 13.2 Å². The van der Waals surface area contributed by atoms with Crippen LogP contribution in [0.3, 0.4) is 0 Å². The molecule has 1 unspecified atom stereocenters. The van der Waals surface area contributed by atoms with Gasteiger partial charge in [0.1, 0.15) is 0 Å². The van der Waals surface area contributed by atoms with E-state index in [1.54, 1.807) is 12.1 Å². The van der Waals surface area contributed by atoms with Crippen molar-refractivity contribution in [2.45, 2.75) is 57.5 Å². The van der Waals surface area contributed by atoms with Crippen LogP contribution in [0.15, 0.2) is 12.1 Å². The van der Waals surface area contributed by atoms with Crippen molar-refractivity contribution in [1.29, 1.82) is 0 Å². The lowest BCUT2D eigenvalue weighted by atomic mass is 9.96. The largest absolute Gasteiger partial charge is 0.351 e. The Balaban J connectivity index is 1.57. The number of anilines is 2. The lowest BCUT2D eigenvalue weighted by molar-refractivity contribution is 0.244. The zero-order chi connectivity index (χ0) is 18.6. The minimum absolute atomic E-state index is 0.0623. The molecule has 2 amide bonds. The van der Waals surface area contributed by atoms with Crippen molar-refractivity contribution >= 4 is 27.5 Å². The predicted molar refractivity (Wildman–Crippen MR) is 101 cm³/mol. The van der Waals surface area contributed by atoms with Crippen molar-refractivity contribution in [3.63, 3.8) is 0 Å². The van der Waals surface area contributed by atoms with Gasteiger partial charge in [-0.2, -0.15) is 0 Å². The molecule has 1 aromatic heterocycles. The zero-order valence-electron chi connectivity index (χ0n) is 15.1. The average Bonchev–Trinajstić information content (AvgIpc) is 2.97. The molecule has 9 heteroatoms. The first-order valence-electron chi connectivity index (χ1n) is 9.35. The summed E-state index contributed by atoms with van der Waals surface area (Å²) in [6.07, 6.45) is 6.21. The molecular formula is C17H27N5O3S. The van der Waals surface area contributed by atoms with Crippen molar-refractivity contribution in [3.05, 3.63) is 12.1 Å². The molecule has 144 valence electrons. The number of urea groups is 1. The molecule has 1 saturated heterocycles. The summed E-state index contributed by atoms with van der Waals surface area (Å²) in [7, 11) is -2.95. The summed E-state index contributed by atoms with van der Waals surface area (Å²) in [4.78, 5) is 14.0. The van der Waals surface area contributed by atoms with Gasteiger partial charge in [-0.15, -0.1) is 10.2 Å². The van der Waals surface area contributed by atoms with Crippen LogP contribution < -0.4 is 15.5 Å². The molecule has 2 fully saturated rings. The second kappa shape index (κ2) is 8.20. The lowest BCUT2D eigenvalue weighted by Crippen LogP contribution is -2.39. The Labute approximate surface area is 154 Å². The van der Waals surface area contributed by atoms with E-state index in [0.717, 1.165) is 25.7 Å². The van der Waals surface area contributed by atoms with Crippen LogP contribution in [-0.4, -0.2) is 54.8 Å². The fourth-order valence-electron chi connectivity index (χ4n) is 3.76. The fourth-order valence-corrected chi connectivity index (χ4v) is 5.49. The van der Waals surface area contributed by atoms with Gasteiger partial charge in [0.05, 0.1) is 11.5 Å². The van der Waals surface area contributed by atoms with Gasteiger partial charge < -0.3 is 10.2 Å². The quantitative estimate of drug-likeness (QED) is 0.808. The van der Waals surface area contributed by atoms with Gasteiger partial charge in [-0.05, 0) is 38.3 Å². The zero-order valence-corrected chi connectivity index (χ0v) is 16.0. The third-order valence-electron chi connectivity index (χ3n) is 5.12. The van der Waals surface area contributed by atoms with E-state index in [1.165, 1.54) is 6.42 Å². The minimum atomic E-state index is -2.95. The second-order valence-electron chi connectivity index (χ2n) is 7.05. The lowest BCUT2D eigenvalue weighted by Gasteiger charge is -2.27. The number of hydrogen-bond acceptors (Lipinski definition) is 6. The van der Waals surface area contributed by atoms with Crippen molar-refractivity contribution in [2.75, 3.05) is 28.3 Å². The molecule has 3 rings (SSSR count). The number of rotatable bonds is 5. The number of nitrogens with zero attached hydrogens (tertiary/aromatic N) is 3. The number of amides is 2. The monoisotopic (exact) mass is 381 g/mol. The van der Waals surface area contributed by atoms with Gasteiger partial charge in [-0.25, -0.2) is 13.2 Å². The third kappa shape index (κ3) is 4.84. The highest BCUT2D eigenvalue weighted by atomic mass is 32.2. The molecule has 0 aromatic carbocycles. The van der Waals surface area contributed by atoms with Gasteiger partial charge in [-0.3, -0.25) is 5.32 Å². The number of aromatic nitrogens is 2. The standard InChI is InChI=1S/C17H27N5O3S/c1-2-22(14-10-11-26(24,25)12-14)16-9-8-15(20-21-16)19-17(23)18-13-6-4-3-5-7-13/h8-9,13-14H,2-7,10-12H2,1H3,(H2,18,19,20,23). The first-order valence-corrected chi connectivity index (χ1v) is 11.2. The van der Waals surface area contributed by atoms with Crippen LogP contribution in [0.25, 0.3) is 0 Å². The number of sulfone groups is 1. The van der Waals surface area contributed by atoms with Crippen LogP contribution in [0.4, 0.5) is 16.4 Å². The normalized spacial score (nSPS) is 22.7. The molecule has 1 aromatic rings. The first-order chi connectivity index (χ1) is 12.5. The molecule has 2 heterocycles. The van der Waals surface area contributed by atoms with E-state index in [2.05, 4.69) is 20.8 Å². The van der Waals surface area contributed by atoms with Gasteiger partial charge >= 0.3 is 6.03 Å². The van der Waals surface area contributed by atoms with E-state index >= 15 is 0 Å². The van der Waals surface area contributed by atoms with Crippen LogP contribution in [0.5, 0.6) is 0 Å². The van der Waals surface area contributed by atoms with E-state index in [0.29, 0.717) is 24.6 Å². The molecule has 0 spiro atoms. The van der Waals surface area contributed by atoms with Gasteiger partial charge in [0.15, 0.2) is 21.5 Å². The number of nitrogens with one attached hydrogen (secondary N) is 2. The van der Waals surface area contributed by atoms with Gasteiger partial charge in [0.25, 0.3) is 0 Å². The molecule has 0 radical (unpaired) electrons. The molecule has 8 nitrogen and oxygen atoms in total. The summed E-state index contributed by atoms with van der Waals surface area (Å²) in [6.45, 7) is 2.63. The van der Waals surface area contributed by atoms with E-state index in [9.17, 15) is 13.2 Å². The average molecular weight is 382 g/mol. The third-order valence-corrected chi connectivity index (χ3v) is 6.87. The molecule has 2 N–H and O–H groups in total. The Morgan fingerprint density at radius 1 is 1.19 bits per heavy atom. The van der Waals surface area contributed by atoms with E-state index in [-0.39, 0.29) is 29.6 Å². The Morgan fingerprint density at radius 2 is 1.96 bits per heavy atom. The summed E-state index contributed by atoms with van der Waals surface area (Å²) in [5.74, 6) is 1.40. The second-order valence-corrected chi connectivity index (χ2v) is 9.28. The fraction of sp³-hybridized carbons (Fsp3) is 0.706. The molecule has 0 bridgehead atoms.